The average molecular weight is 366 g/mol. The Balaban J connectivity index is 2.32. The number of nitrogens with one attached hydrogen (secondary N) is 2. The third-order valence-electron chi connectivity index (χ3n) is 3.78. The fourth-order valence-electron chi connectivity index (χ4n) is 2.22. The first-order chi connectivity index (χ1) is 12.7. The van der Waals surface area contributed by atoms with Crippen molar-refractivity contribution in [2.24, 2.45) is 10.9 Å². The van der Waals surface area contributed by atoms with Crippen molar-refractivity contribution in [1.82, 2.24) is 10.6 Å². The van der Waals surface area contributed by atoms with Gasteiger partial charge in [-0.25, -0.2) is 0 Å². The number of nitrogens with zero attached hydrogens (tertiary/aromatic N) is 1. The van der Waals surface area contributed by atoms with Gasteiger partial charge in [0.15, 0.2) is 5.96 Å². The second-order valence-electron chi connectivity index (χ2n) is 6.45. The van der Waals surface area contributed by atoms with Crippen molar-refractivity contribution in [1.29, 1.82) is 0 Å². The van der Waals surface area contributed by atoms with Gasteiger partial charge in [-0.3, -0.25) is 4.99 Å². The van der Waals surface area contributed by atoms with E-state index < -0.39 is 0 Å². The Morgan fingerprint density at radius 3 is 2.62 bits per heavy atom. The molecule has 0 radical (unpaired) electrons. The van der Waals surface area contributed by atoms with Crippen LogP contribution < -0.4 is 15.4 Å². The van der Waals surface area contributed by atoms with Crippen molar-refractivity contribution in [2.45, 2.75) is 33.2 Å². The van der Waals surface area contributed by atoms with Gasteiger partial charge in [0.25, 0.3) is 0 Å². The molecular weight excluding hydrogens is 330 g/mol. The van der Waals surface area contributed by atoms with E-state index in [4.69, 9.17) is 14.2 Å². The maximum Gasteiger partial charge on any atom is 0.191 e. The monoisotopic (exact) mass is 365 g/mol. The van der Waals surface area contributed by atoms with Crippen molar-refractivity contribution in [3.63, 3.8) is 0 Å². The van der Waals surface area contributed by atoms with E-state index in [0.29, 0.717) is 32.3 Å². The van der Waals surface area contributed by atoms with Gasteiger partial charge in [-0.2, -0.15) is 0 Å². The molecule has 0 aliphatic heterocycles. The van der Waals surface area contributed by atoms with Gasteiger partial charge in [-0.1, -0.05) is 32.0 Å². The minimum Gasteiger partial charge on any atom is -0.493 e. The van der Waals surface area contributed by atoms with E-state index >= 15 is 0 Å². The lowest BCUT2D eigenvalue weighted by Crippen LogP contribution is -2.37. The van der Waals surface area contributed by atoms with Crippen LogP contribution in [0, 0.1) is 5.92 Å². The second kappa shape index (κ2) is 14.4. The Labute approximate surface area is 158 Å². The van der Waals surface area contributed by atoms with Crippen LogP contribution in [0.4, 0.5) is 0 Å². The summed E-state index contributed by atoms with van der Waals surface area (Å²) in [5, 5.41) is 6.63. The summed E-state index contributed by atoms with van der Waals surface area (Å²) in [6.07, 6.45) is 1.97. The molecule has 6 nitrogen and oxygen atoms in total. The predicted octanol–water partition coefficient (Wildman–Crippen LogP) is 2.83. The van der Waals surface area contributed by atoms with Crippen molar-refractivity contribution >= 4 is 5.96 Å². The maximum atomic E-state index is 5.93. The number of benzene rings is 1. The highest BCUT2D eigenvalue weighted by Gasteiger charge is 2.05. The van der Waals surface area contributed by atoms with E-state index in [-0.39, 0.29) is 0 Å². The zero-order valence-corrected chi connectivity index (χ0v) is 16.7. The lowest BCUT2D eigenvalue weighted by Gasteiger charge is -2.15. The minimum absolute atomic E-state index is 0.634. The maximum absolute atomic E-state index is 5.93. The number of guanidine groups is 1. The molecule has 1 aromatic carbocycles. The van der Waals surface area contributed by atoms with Crippen LogP contribution in [-0.2, 0) is 16.0 Å². The van der Waals surface area contributed by atoms with Gasteiger partial charge in [0.05, 0.1) is 19.8 Å². The number of ether oxygens (including phenoxy) is 3. The first-order valence-corrected chi connectivity index (χ1v) is 9.39. The molecule has 0 saturated heterocycles. The Kier molecular flexibility index (Phi) is 12.3. The molecule has 1 rings (SSSR count). The summed E-state index contributed by atoms with van der Waals surface area (Å²) in [7, 11) is 3.45. The number of hydrogen-bond acceptors (Lipinski definition) is 4. The summed E-state index contributed by atoms with van der Waals surface area (Å²) in [5.74, 6) is 2.35. The molecule has 0 aromatic heterocycles. The molecule has 0 saturated carbocycles. The van der Waals surface area contributed by atoms with E-state index in [1.165, 1.54) is 0 Å². The van der Waals surface area contributed by atoms with Crippen molar-refractivity contribution in [3.8, 4) is 5.75 Å². The molecule has 26 heavy (non-hydrogen) atoms. The van der Waals surface area contributed by atoms with Gasteiger partial charge < -0.3 is 24.8 Å². The highest BCUT2D eigenvalue weighted by Crippen LogP contribution is 2.18. The molecular formula is C20H35N3O3. The Morgan fingerprint density at radius 2 is 1.88 bits per heavy atom. The van der Waals surface area contributed by atoms with E-state index in [0.717, 1.165) is 43.3 Å². The fraction of sp³-hybridized carbons (Fsp3) is 0.650. The smallest absolute Gasteiger partial charge is 0.191 e. The minimum atomic E-state index is 0.634. The second-order valence-corrected chi connectivity index (χ2v) is 6.45. The molecule has 1 aromatic rings. The van der Waals surface area contributed by atoms with Crippen LogP contribution in [0.3, 0.4) is 0 Å². The zero-order chi connectivity index (χ0) is 19.0. The highest BCUT2D eigenvalue weighted by atomic mass is 16.5. The number of methoxy groups -OCH3 is 1. The Bertz CT molecular complexity index is 507. The van der Waals surface area contributed by atoms with E-state index in [9.17, 15) is 0 Å². The quantitative estimate of drug-likeness (QED) is 0.320. The number of rotatable bonds is 13. The van der Waals surface area contributed by atoms with Crippen molar-refractivity contribution < 1.29 is 14.2 Å². The molecule has 0 atom stereocenters. The molecule has 0 heterocycles. The van der Waals surface area contributed by atoms with Crippen LogP contribution >= 0.6 is 0 Å². The van der Waals surface area contributed by atoms with Crippen molar-refractivity contribution in [2.75, 3.05) is 47.1 Å². The summed E-state index contributed by atoms with van der Waals surface area (Å²) in [6.45, 7) is 8.60. The van der Waals surface area contributed by atoms with Crippen LogP contribution in [0.5, 0.6) is 5.75 Å². The normalized spacial score (nSPS) is 11.7. The van der Waals surface area contributed by atoms with Crippen LogP contribution in [-0.4, -0.2) is 53.1 Å². The first-order valence-electron chi connectivity index (χ1n) is 9.39. The molecule has 0 spiro atoms. The van der Waals surface area contributed by atoms with Crippen LogP contribution in [0.15, 0.2) is 29.3 Å². The molecule has 2 N–H and O–H groups in total. The van der Waals surface area contributed by atoms with E-state index in [2.05, 4.69) is 35.5 Å². The molecule has 0 fully saturated rings. The summed E-state index contributed by atoms with van der Waals surface area (Å²) < 4.78 is 16.3. The molecule has 6 heteroatoms. The largest absolute Gasteiger partial charge is 0.493 e. The van der Waals surface area contributed by atoms with Crippen LogP contribution in [0.2, 0.25) is 0 Å². The zero-order valence-electron chi connectivity index (χ0n) is 16.7. The van der Waals surface area contributed by atoms with Gasteiger partial charge in [0.2, 0.25) is 0 Å². The number of aliphatic imine (C=N–C) groups is 1. The van der Waals surface area contributed by atoms with Crippen LogP contribution in [0.25, 0.3) is 0 Å². The SMILES string of the molecule is CN=C(NCCCOCCOC)NCc1ccccc1OCCC(C)C. The summed E-state index contributed by atoms with van der Waals surface area (Å²) in [6, 6.07) is 8.13. The molecule has 148 valence electrons. The van der Waals surface area contributed by atoms with Crippen LogP contribution in [0.1, 0.15) is 32.3 Å². The Morgan fingerprint density at radius 1 is 1.08 bits per heavy atom. The Hall–Kier alpha value is -1.79. The molecule has 0 amide bonds. The topological polar surface area (TPSA) is 64.1 Å². The standard InChI is InChI=1S/C20H35N3O3/c1-17(2)10-13-26-19-9-6-5-8-18(19)16-23-20(21-3)22-11-7-12-25-15-14-24-4/h5-6,8-9,17H,7,10-16H2,1-4H3,(H2,21,22,23). The lowest BCUT2D eigenvalue weighted by molar-refractivity contribution is 0.0698. The average Bonchev–Trinajstić information content (AvgIpc) is 2.64. The van der Waals surface area contributed by atoms with Gasteiger partial charge in [0.1, 0.15) is 5.75 Å². The van der Waals surface area contributed by atoms with E-state index in [1.54, 1.807) is 14.2 Å². The highest BCUT2D eigenvalue weighted by molar-refractivity contribution is 5.79. The molecule has 0 aliphatic rings. The van der Waals surface area contributed by atoms with Gasteiger partial charge in [-0.05, 0) is 24.8 Å². The van der Waals surface area contributed by atoms with Crippen molar-refractivity contribution in [3.05, 3.63) is 29.8 Å². The third kappa shape index (κ3) is 10.3. The summed E-state index contributed by atoms with van der Waals surface area (Å²) >= 11 is 0. The van der Waals surface area contributed by atoms with Gasteiger partial charge >= 0.3 is 0 Å². The summed E-state index contributed by atoms with van der Waals surface area (Å²) in [4.78, 5) is 4.26. The predicted molar refractivity (Wildman–Crippen MR) is 107 cm³/mol. The number of para-hydroxylation sites is 1. The van der Waals surface area contributed by atoms with Gasteiger partial charge in [-0.15, -0.1) is 0 Å². The number of hydrogen-bond donors (Lipinski definition) is 2. The van der Waals surface area contributed by atoms with Gasteiger partial charge in [0, 0.05) is 39.4 Å². The third-order valence-corrected chi connectivity index (χ3v) is 3.78. The summed E-state index contributed by atoms with van der Waals surface area (Å²) in [5.41, 5.74) is 1.13. The molecule has 0 aliphatic carbocycles. The first kappa shape index (κ1) is 22.3. The fourth-order valence-corrected chi connectivity index (χ4v) is 2.22. The van der Waals surface area contributed by atoms with E-state index in [1.807, 2.05) is 18.2 Å². The molecule has 0 unspecified atom stereocenters. The molecule has 0 bridgehead atoms. The lowest BCUT2D eigenvalue weighted by atomic mass is 10.1.